The Labute approximate surface area is 434 Å². The van der Waals surface area contributed by atoms with Gasteiger partial charge in [-0.2, -0.15) is 0 Å². The highest BCUT2D eigenvalue weighted by Gasteiger charge is 2.25. The molecule has 0 spiro atoms. The van der Waals surface area contributed by atoms with Gasteiger partial charge in [0.15, 0.2) is 0 Å². The summed E-state index contributed by atoms with van der Waals surface area (Å²) in [7, 11) is 0. The van der Waals surface area contributed by atoms with E-state index in [1.807, 2.05) is 122 Å². The summed E-state index contributed by atoms with van der Waals surface area (Å²) in [4.78, 5) is 42.5. The van der Waals surface area contributed by atoms with E-state index in [1.165, 1.54) is 27.9 Å². The fraction of sp³-hybridized carbons (Fsp3) is 0.328. The van der Waals surface area contributed by atoms with Crippen molar-refractivity contribution in [1.82, 2.24) is 20.0 Å². The molecule has 73 heavy (non-hydrogen) atoms. The molecule has 0 saturated carbocycles. The quantitative estimate of drug-likeness (QED) is 0.0988. The predicted molar refractivity (Wildman–Crippen MR) is 299 cm³/mol. The number of aromatic hydroxyl groups is 2. The molecule has 0 unspecified atom stereocenters. The molecule has 0 atom stereocenters. The van der Waals surface area contributed by atoms with Gasteiger partial charge in [0.05, 0.1) is 0 Å². The number of hydrogen-bond acceptors (Lipinski definition) is 7. The number of nitrogens with one attached hydrogen (secondary N) is 1. The molecular formula is C64H76N4O5. The summed E-state index contributed by atoms with van der Waals surface area (Å²) < 4.78 is 0. The van der Waals surface area contributed by atoms with Crippen molar-refractivity contribution in [2.75, 3.05) is 26.2 Å². The van der Waals surface area contributed by atoms with E-state index < -0.39 is 0 Å². The highest BCUT2D eigenvalue weighted by Crippen LogP contribution is 2.35. The molecule has 2 saturated heterocycles. The van der Waals surface area contributed by atoms with E-state index in [1.54, 1.807) is 24.3 Å². The average Bonchev–Trinajstić information content (AvgIpc) is 3.38. The molecule has 2 aliphatic rings. The van der Waals surface area contributed by atoms with E-state index in [0.717, 1.165) is 92.5 Å². The first-order valence-corrected chi connectivity index (χ1v) is 26.0. The van der Waals surface area contributed by atoms with Crippen LogP contribution in [0.4, 0.5) is 0 Å². The lowest BCUT2D eigenvalue weighted by molar-refractivity contribution is 0.0634. The highest BCUT2D eigenvalue weighted by atomic mass is 16.3. The summed E-state index contributed by atoms with van der Waals surface area (Å²) in [6.45, 7) is 21.3. The Morgan fingerprint density at radius 2 is 0.877 bits per heavy atom. The Hall–Kier alpha value is -7.07. The number of aldehydes is 1. The summed E-state index contributed by atoms with van der Waals surface area (Å²) >= 11 is 0. The van der Waals surface area contributed by atoms with Crippen molar-refractivity contribution in [3.63, 3.8) is 0 Å². The number of rotatable bonds is 13. The van der Waals surface area contributed by atoms with Crippen LogP contribution in [-0.2, 0) is 6.54 Å². The Bertz CT molecular complexity index is 2750. The minimum absolute atomic E-state index is 0.0623. The first-order valence-electron chi connectivity index (χ1n) is 26.0. The molecule has 0 bridgehead atoms. The van der Waals surface area contributed by atoms with Gasteiger partial charge in [0.1, 0.15) is 17.8 Å². The maximum atomic E-state index is 13.2. The van der Waals surface area contributed by atoms with E-state index in [-0.39, 0.29) is 47.5 Å². The fourth-order valence-electron chi connectivity index (χ4n) is 10.0. The molecule has 2 amide bonds. The Morgan fingerprint density at radius 1 is 0.493 bits per heavy atom. The molecule has 8 rings (SSSR count). The van der Waals surface area contributed by atoms with E-state index in [9.17, 15) is 24.6 Å². The van der Waals surface area contributed by atoms with Gasteiger partial charge in [0, 0.05) is 60.5 Å². The zero-order valence-electron chi connectivity index (χ0n) is 44.2. The first-order chi connectivity index (χ1) is 35.1. The second-order valence-corrected chi connectivity index (χ2v) is 20.1. The van der Waals surface area contributed by atoms with Gasteiger partial charge in [0.2, 0.25) is 0 Å². The maximum absolute atomic E-state index is 13.2. The normalized spacial score (nSPS) is 13.7. The number of amides is 2. The minimum atomic E-state index is 0.0623. The molecule has 2 heterocycles. The van der Waals surface area contributed by atoms with Crippen molar-refractivity contribution in [3.8, 4) is 11.5 Å². The van der Waals surface area contributed by atoms with Gasteiger partial charge in [-0.15, -0.1) is 0 Å². The number of phenolic OH excluding ortho intramolecular Hbond substituents is 2. The van der Waals surface area contributed by atoms with Gasteiger partial charge in [-0.3, -0.25) is 19.3 Å². The Kier molecular flexibility index (Phi) is 20.5. The third-order valence-electron chi connectivity index (χ3n) is 13.4. The fourth-order valence-corrected chi connectivity index (χ4v) is 10.0. The van der Waals surface area contributed by atoms with Gasteiger partial charge < -0.3 is 25.3 Å². The molecule has 0 aromatic heterocycles. The number of benzene rings is 6. The topological polar surface area (TPSA) is 113 Å². The summed E-state index contributed by atoms with van der Waals surface area (Å²) in [5.74, 6) is 0.663. The van der Waals surface area contributed by atoms with Crippen LogP contribution >= 0.6 is 0 Å². The van der Waals surface area contributed by atoms with Crippen molar-refractivity contribution in [2.45, 2.75) is 112 Å². The Morgan fingerprint density at radius 3 is 1.25 bits per heavy atom. The number of carbonyl (C=O) groups is 3. The molecular weight excluding hydrogens is 905 g/mol. The van der Waals surface area contributed by atoms with Crippen molar-refractivity contribution >= 4 is 29.2 Å². The zero-order valence-corrected chi connectivity index (χ0v) is 44.2. The SMILES string of the molecule is CC(C)N(C(=O)c1ccc(C(=C2CCN(Cc3ccccc3)CC2)c2cccc(O)c2)cc1)C(C)C.CC(C)N(C(=O)c1ccc(C(=C2CCNCC2)c2cccc(O)c2)cc1)C(C)C.O=Cc1ccccc1. The van der Waals surface area contributed by atoms with Crippen LogP contribution in [0.2, 0.25) is 0 Å². The summed E-state index contributed by atoms with van der Waals surface area (Å²) in [5.41, 5.74) is 12.8. The molecule has 2 aliphatic heterocycles. The monoisotopic (exact) mass is 981 g/mol. The number of hydrogen-bond donors (Lipinski definition) is 3. The minimum Gasteiger partial charge on any atom is -0.508 e. The molecule has 9 heteroatoms. The summed E-state index contributed by atoms with van der Waals surface area (Å²) in [6.07, 6.45) is 4.76. The van der Waals surface area contributed by atoms with E-state index >= 15 is 0 Å². The lowest BCUT2D eigenvalue weighted by Gasteiger charge is -2.31. The van der Waals surface area contributed by atoms with Crippen molar-refractivity contribution in [1.29, 1.82) is 0 Å². The van der Waals surface area contributed by atoms with Crippen LogP contribution in [0.25, 0.3) is 11.1 Å². The number of likely N-dealkylation sites (tertiary alicyclic amines) is 1. The summed E-state index contributed by atoms with van der Waals surface area (Å²) in [5, 5.41) is 23.6. The molecule has 2 fully saturated rings. The van der Waals surface area contributed by atoms with Gasteiger partial charge in [-0.1, -0.05) is 120 Å². The number of carbonyl (C=O) groups excluding carboxylic acids is 3. The smallest absolute Gasteiger partial charge is 0.254 e. The van der Waals surface area contributed by atoms with Crippen LogP contribution in [0.15, 0.2) is 169 Å². The third kappa shape index (κ3) is 15.5. The van der Waals surface area contributed by atoms with Crippen molar-refractivity contribution < 1.29 is 24.6 Å². The second kappa shape index (κ2) is 27.1. The molecule has 6 aromatic rings. The van der Waals surface area contributed by atoms with Crippen molar-refractivity contribution in [2.24, 2.45) is 0 Å². The number of piperidine rings is 2. The van der Waals surface area contributed by atoms with Crippen LogP contribution < -0.4 is 5.32 Å². The zero-order chi connectivity index (χ0) is 52.4. The molecule has 9 nitrogen and oxygen atoms in total. The molecule has 0 radical (unpaired) electrons. The van der Waals surface area contributed by atoms with E-state index in [0.29, 0.717) is 11.1 Å². The average molecular weight is 981 g/mol. The Balaban J connectivity index is 0.000000210. The van der Waals surface area contributed by atoms with E-state index in [2.05, 4.69) is 86.4 Å². The molecule has 382 valence electrons. The predicted octanol–water partition coefficient (Wildman–Crippen LogP) is 13.1. The molecule has 0 aliphatic carbocycles. The lowest BCUT2D eigenvalue weighted by Crippen LogP contribution is -2.42. The van der Waals surface area contributed by atoms with Gasteiger partial charge in [-0.25, -0.2) is 0 Å². The second-order valence-electron chi connectivity index (χ2n) is 20.1. The molecule has 6 aromatic carbocycles. The standard InChI is InChI=1S/C32H38N2O2.C25H32N2O2.C7H6O/c1-23(2)34(24(3)4)32(36)28-15-13-26(14-16-28)31(29-11-8-12-30(35)21-29)27-17-19-33(20-18-27)22-25-9-6-5-7-10-25;1-17(2)27(18(3)4)25(29)21-10-8-19(9-11-21)24(20-12-14-26-15-13-20)22-6-5-7-23(28)16-22;8-6-7-4-2-1-3-5-7/h5-16,21,23-24,35H,17-20,22H2,1-4H3;5-11,16-18,26,28H,12-15H2,1-4H3;1-6H. The first kappa shape index (κ1) is 55.2. The van der Waals surface area contributed by atoms with Crippen molar-refractivity contribution in [3.05, 3.63) is 213 Å². The maximum Gasteiger partial charge on any atom is 0.254 e. The van der Waals surface area contributed by atoms with Gasteiger partial charge in [0.25, 0.3) is 11.8 Å². The third-order valence-corrected chi connectivity index (χ3v) is 13.4. The summed E-state index contributed by atoms with van der Waals surface area (Å²) in [6, 6.07) is 51.3. The van der Waals surface area contributed by atoms with E-state index in [4.69, 9.17) is 0 Å². The number of phenols is 2. The van der Waals surface area contributed by atoms with Crippen LogP contribution in [0.1, 0.15) is 140 Å². The molecule has 3 N–H and O–H groups in total. The van der Waals surface area contributed by atoms with Crippen LogP contribution in [0.3, 0.4) is 0 Å². The van der Waals surface area contributed by atoms with Crippen LogP contribution in [0, 0.1) is 0 Å². The van der Waals surface area contributed by atoms with Crippen LogP contribution in [-0.4, -0.2) is 93.4 Å². The largest absolute Gasteiger partial charge is 0.508 e. The van der Waals surface area contributed by atoms with Gasteiger partial charge in [-0.05, 0) is 182 Å². The highest BCUT2D eigenvalue weighted by molar-refractivity contribution is 5.96. The van der Waals surface area contributed by atoms with Gasteiger partial charge >= 0.3 is 0 Å². The number of nitrogens with zero attached hydrogens (tertiary/aromatic N) is 3. The lowest BCUT2D eigenvalue weighted by atomic mass is 9.88. The van der Waals surface area contributed by atoms with Crippen LogP contribution in [0.5, 0.6) is 11.5 Å².